The maximum Gasteiger partial charge on any atom is 0.433 e. The van der Waals surface area contributed by atoms with Crippen molar-refractivity contribution in [3.63, 3.8) is 0 Å². The van der Waals surface area contributed by atoms with Gasteiger partial charge in [0.1, 0.15) is 0 Å². The summed E-state index contributed by atoms with van der Waals surface area (Å²) in [7, 11) is -2.00. The molecule has 1 N–H and O–H groups in total. The summed E-state index contributed by atoms with van der Waals surface area (Å²) < 4.78 is 27.8. The monoisotopic (exact) mass is 522 g/mol. The summed E-state index contributed by atoms with van der Waals surface area (Å²) in [4.78, 5) is 28.6. The third-order valence-corrected chi connectivity index (χ3v) is 9.36. The summed E-state index contributed by atoms with van der Waals surface area (Å²) >= 11 is 7.17. The Morgan fingerprint density at radius 3 is 2.50 bits per heavy atom. The fourth-order valence-corrected chi connectivity index (χ4v) is 7.00. The van der Waals surface area contributed by atoms with Gasteiger partial charge >= 0.3 is 12.0 Å². The van der Waals surface area contributed by atoms with Crippen LogP contribution in [0, 0.1) is 0 Å². The number of amides is 2. The van der Waals surface area contributed by atoms with E-state index in [1.165, 1.54) is 0 Å². The second-order valence-electron chi connectivity index (χ2n) is 8.45. The van der Waals surface area contributed by atoms with Gasteiger partial charge in [0.05, 0.1) is 36.4 Å². The van der Waals surface area contributed by atoms with Gasteiger partial charge in [-0.25, -0.2) is 22.5 Å². The van der Waals surface area contributed by atoms with E-state index in [9.17, 15) is 18.0 Å². The second kappa shape index (κ2) is 9.61. The van der Waals surface area contributed by atoms with E-state index in [0.29, 0.717) is 23.1 Å². The number of likely N-dealkylation sites (tertiary alicyclic amines) is 1. The van der Waals surface area contributed by atoms with Crippen molar-refractivity contribution in [1.29, 1.82) is 0 Å². The Morgan fingerprint density at radius 1 is 1.12 bits per heavy atom. The lowest BCUT2D eigenvalue weighted by Gasteiger charge is -2.36. The molecule has 0 aliphatic carbocycles. The number of carboxylic acid groups (broad SMARTS) is 1. The number of quaternary nitrogens is 1. The van der Waals surface area contributed by atoms with Crippen molar-refractivity contribution in [1.82, 2.24) is 9.05 Å². The number of hydrogen-bond donors (Lipinski definition) is 1. The number of aromatic nitrogens is 1. The summed E-state index contributed by atoms with van der Waals surface area (Å²) in [5.41, 5.74) is 0. The van der Waals surface area contributed by atoms with Crippen LogP contribution in [0.4, 0.5) is 9.80 Å². The fraction of sp³-hybridized carbons (Fsp3) is 0.348. The number of nitrogens with zero attached hydrogens (tertiary/aromatic N) is 3. The van der Waals surface area contributed by atoms with Gasteiger partial charge in [-0.2, -0.15) is 0 Å². The first kappa shape index (κ1) is 24.6. The topological polar surface area (TPSA) is 106 Å². The number of hydrogen-bond acceptors (Lipinski definition) is 5. The molecular weight excluding hydrogens is 498 g/mol. The number of halogens is 1. The molecule has 1 aliphatic rings. The van der Waals surface area contributed by atoms with E-state index >= 15 is 0 Å². The van der Waals surface area contributed by atoms with Crippen LogP contribution in [0.5, 0.6) is 0 Å². The van der Waals surface area contributed by atoms with Crippen LogP contribution in [0.2, 0.25) is 5.02 Å². The number of carbonyl (C=O) groups excluding carboxylic acids is 1. The molecule has 1 aliphatic heterocycles. The van der Waals surface area contributed by atoms with Gasteiger partial charge < -0.3 is 9.67 Å². The standard InChI is InChI=1S/C23H24ClN3O5S2/c1-26-15-21(33-22(26)25-23(29)30)27(10-3-2-4-11-27)20(28)9-12-34(31,32)19-8-6-16-13-18(24)7-5-17(16)14-19/h5-8,13-15H,2-4,9-12H2,1H3/p+1. The van der Waals surface area contributed by atoms with Gasteiger partial charge in [0.25, 0.3) is 0 Å². The van der Waals surface area contributed by atoms with Crippen LogP contribution < -0.4 is 9.28 Å². The smallest absolute Gasteiger partial charge is 0.433 e. The van der Waals surface area contributed by atoms with Gasteiger partial charge in [0.15, 0.2) is 9.84 Å². The summed E-state index contributed by atoms with van der Waals surface area (Å²) in [5.74, 6) is -0.478. The predicted molar refractivity (Wildman–Crippen MR) is 133 cm³/mol. The zero-order valence-corrected chi connectivity index (χ0v) is 21.0. The molecule has 11 heteroatoms. The minimum Gasteiger partial charge on any atom is -0.463 e. The Hall–Kier alpha value is -2.53. The highest BCUT2D eigenvalue weighted by atomic mass is 35.5. The number of fused-ring (bicyclic) bond motifs is 1. The first-order valence-corrected chi connectivity index (χ1v) is 13.7. The van der Waals surface area contributed by atoms with E-state index in [2.05, 4.69) is 4.99 Å². The lowest BCUT2D eigenvalue weighted by Crippen LogP contribution is -2.57. The van der Waals surface area contributed by atoms with Crippen LogP contribution in [0.25, 0.3) is 10.8 Å². The maximum absolute atomic E-state index is 13.5. The molecule has 0 spiro atoms. The van der Waals surface area contributed by atoms with Crippen molar-refractivity contribution >= 4 is 60.5 Å². The molecule has 1 saturated heterocycles. The van der Waals surface area contributed by atoms with Gasteiger partial charge in [-0.3, -0.25) is 0 Å². The summed E-state index contributed by atoms with van der Waals surface area (Å²) in [5, 5.41) is 11.9. The molecule has 0 atom stereocenters. The Labute approximate surface area is 206 Å². The molecule has 1 aromatic heterocycles. The highest BCUT2D eigenvalue weighted by Crippen LogP contribution is 2.33. The lowest BCUT2D eigenvalue weighted by atomic mass is 10.1. The Balaban J connectivity index is 1.60. The molecule has 180 valence electrons. The Morgan fingerprint density at radius 2 is 1.79 bits per heavy atom. The molecule has 0 saturated carbocycles. The quantitative estimate of drug-likeness (QED) is 0.501. The number of carbonyl (C=O) groups is 2. The van der Waals surface area contributed by atoms with Gasteiger partial charge in [-0.05, 0) is 65.6 Å². The van der Waals surface area contributed by atoms with Crippen LogP contribution in [0.3, 0.4) is 0 Å². The molecule has 0 unspecified atom stereocenters. The summed E-state index contributed by atoms with van der Waals surface area (Å²) in [6, 6.07) is 10.1. The SMILES string of the molecule is Cn1cc([N+]2(C(=O)CCS(=O)(=O)c3ccc4cc(Cl)ccc4c3)CCCCC2)sc1=NC(=O)O. The number of sulfone groups is 1. The third-order valence-electron chi connectivity index (χ3n) is 6.19. The van der Waals surface area contributed by atoms with Crippen molar-refractivity contribution in [3.8, 4) is 0 Å². The largest absolute Gasteiger partial charge is 0.463 e. The van der Waals surface area contributed by atoms with Crippen molar-refractivity contribution < 1.29 is 23.1 Å². The van der Waals surface area contributed by atoms with Crippen molar-refractivity contribution in [2.45, 2.75) is 30.6 Å². The van der Waals surface area contributed by atoms with Gasteiger partial charge in [-0.15, -0.1) is 4.99 Å². The maximum atomic E-state index is 13.5. The Bertz CT molecular complexity index is 1440. The molecule has 34 heavy (non-hydrogen) atoms. The highest BCUT2D eigenvalue weighted by molar-refractivity contribution is 7.91. The molecule has 2 amide bonds. The van der Waals surface area contributed by atoms with Gasteiger partial charge in [0, 0.05) is 12.1 Å². The number of thiazole rings is 1. The van der Waals surface area contributed by atoms with Crippen LogP contribution in [-0.4, -0.2) is 48.9 Å². The van der Waals surface area contributed by atoms with Gasteiger partial charge in [-0.1, -0.05) is 23.7 Å². The van der Waals surface area contributed by atoms with Gasteiger partial charge in [0.2, 0.25) is 9.80 Å². The number of piperidine rings is 1. The zero-order chi connectivity index (χ0) is 24.5. The van der Waals surface area contributed by atoms with E-state index < -0.39 is 15.9 Å². The normalized spacial score (nSPS) is 16.6. The fourth-order valence-electron chi connectivity index (χ4n) is 4.38. The van der Waals surface area contributed by atoms with E-state index in [0.717, 1.165) is 41.4 Å². The molecular formula is C23H25ClN3O5S2+. The molecule has 8 nitrogen and oxygen atoms in total. The molecule has 3 aromatic rings. The van der Waals surface area contributed by atoms with Crippen LogP contribution in [-0.2, 0) is 21.7 Å². The van der Waals surface area contributed by atoms with E-state index in [1.54, 1.807) is 54.2 Å². The minimum atomic E-state index is -3.69. The summed E-state index contributed by atoms with van der Waals surface area (Å²) in [6.07, 6.45) is 2.96. The average Bonchev–Trinajstić information content (AvgIpc) is 3.17. The lowest BCUT2D eigenvalue weighted by molar-refractivity contribution is -0.130. The predicted octanol–water partition coefficient (Wildman–Crippen LogP) is 4.35. The van der Waals surface area contributed by atoms with Crippen LogP contribution >= 0.6 is 22.9 Å². The number of benzene rings is 2. The first-order chi connectivity index (χ1) is 16.1. The van der Waals surface area contributed by atoms with E-state index in [1.807, 2.05) is 0 Å². The highest BCUT2D eigenvalue weighted by Gasteiger charge is 2.42. The van der Waals surface area contributed by atoms with Crippen molar-refractivity contribution in [2.75, 3.05) is 18.8 Å². The molecule has 4 rings (SSSR count). The van der Waals surface area contributed by atoms with Crippen molar-refractivity contribution in [3.05, 3.63) is 52.4 Å². The molecule has 2 aromatic carbocycles. The number of aryl methyl sites for hydroxylation is 1. The molecule has 2 heterocycles. The average molecular weight is 523 g/mol. The van der Waals surface area contributed by atoms with Crippen LogP contribution in [0.15, 0.2) is 52.5 Å². The van der Waals surface area contributed by atoms with E-state index in [4.69, 9.17) is 16.7 Å². The third kappa shape index (κ3) is 4.95. The molecule has 0 bridgehead atoms. The first-order valence-electron chi connectivity index (χ1n) is 10.9. The number of rotatable bonds is 5. The second-order valence-corrected chi connectivity index (χ2v) is 12.0. The zero-order valence-electron chi connectivity index (χ0n) is 18.6. The summed E-state index contributed by atoms with van der Waals surface area (Å²) in [6.45, 7) is 1.12. The van der Waals surface area contributed by atoms with Crippen LogP contribution in [0.1, 0.15) is 25.7 Å². The van der Waals surface area contributed by atoms with E-state index in [-0.39, 0.29) is 32.3 Å². The molecule has 0 radical (unpaired) electrons. The minimum absolute atomic E-state index is 0.0272. The Kier molecular flexibility index (Phi) is 6.95. The van der Waals surface area contributed by atoms with Crippen molar-refractivity contribution in [2.24, 2.45) is 12.0 Å². The molecule has 1 fully saturated rings.